The molecule has 2 aliphatic heterocycles. The molecule has 1 aliphatic carbocycles. The van der Waals surface area contributed by atoms with Crippen LogP contribution in [-0.4, -0.2) is 136 Å². The quantitative estimate of drug-likeness (QED) is 0.150. The van der Waals surface area contributed by atoms with Gasteiger partial charge in [-0.3, -0.25) is 4.90 Å². The number of likely N-dealkylation sites (tertiary alicyclic amines) is 1. The van der Waals surface area contributed by atoms with Gasteiger partial charge in [0.1, 0.15) is 24.6 Å². The molecule has 3 aliphatic rings. The fraction of sp³-hybridized carbons (Fsp3) is 0.706. The Morgan fingerprint density at radius 2 is 1.51 bits per heavy atom. The van der Waals surface area contributed by atoms with Gasteiger partial charge in [0.15, 0.2) is 17.6 Å². The maximum atomic E-state index is 13.6. The number of fused-ring (bicyclic) bond motifs is 1. The van der Waals surface area contributed by atoms with Crippen LogP contribution in [0.25, 0.3) is 0 Å². The highest BCUT2D eigenvalue weighted by molar-refractivity contribution is 5.74. The third-order valence-corrected chi connectivity index (χ3v) is 9.33. The van der Waals surface area contributed by atoms with Gasteiger partial charge in [-0.2, -0.15) is 0 Å². The molecule has 1 spiro atoms. The molecule has 1 saturated heterocycles. The van der Waals surface area contributed by atoms with Gasteiger partial charge >= 0.3 is 11.9 Å². The van der Waals surface area contributed by atoms with E-state index in [-0.39, 0.29) is 32.5 Å². The van der Waals surface area contributed by atoms with Gasteiger partial charge in [-0.1, -0.05) is 13.0 Å². The molecule has 2 heterocycles. The van der Waals surface area contributed by atoms with Gasteiger partial charge in [-0.05, 0) is 51.1 Å². The number of methoxy groups -OCH3 is 3. The number of nitrogens with zero attached hydrogens (tertiary/aromatic N) is 1. The van der Waals surface area contributed by atoms with Gasteiger partial charge < -0.3 is 47.4 Å². The number of hydrogen-bond donors (Lipinski definition) is 0. The van der Waals surface area contributed by atoms with Gasteiger partial charge in [0.2, 0.25) is 0 Å². The van der Waals surface area contributed by atoms with Gasteiger partial charge in [0.25, 0.3) is 0 Å². The van der Waals surface area contributed by atoms with Crippen molar-refractivity contribution in [1.29, 1.82) is 0 Å². The first kappa shape index (κ1) is 37.0. The lowest BCUT2D eigenvalue weighted by Gasteiger charge is -2.59. The highest BCUT2D eigenvalue weighted by atomic mass is 16.6. The van der Waals surface area contributed by atoms with Gasteiger partial charge in [0.05, 0.1) is 65.4 Å². The Bertz CT molecular complexity index is 1220. The molecule has 13 heteroatoms. The van der Waals surface area contributed by atoms with Crippen LogP contribution in [0, 0.1) is 0 Å². The number of ether oxygens (including phenoxy) is 10. The summed E-state index contributed by atoms with van der Waals surface area (Å²) in [5.41, 5.74) is 0.0195. The number of carbonyl (C=O) groups excluding carboxylic acids is 2. The molecule has 264 valence electrons. The zero-order chi connectivity index (χ0) is 33.9. The lowest BCUT2D eigenvalue weighted by molar-refractivity contribution is -0.205. The Morgan fingerprint density at radius 1 is 0.894 bits per heavy atom. The second-order valence-corrected chi connectivity index (χ2v) is 11.8. The highest BCUT2D eigenvalue weighted by Crippen LogP contribution is 2.64. The number of carbonyl (C=O) groups is 2. The van der Waals surface area contributed by atoms with Crippen LogP contribution in [0.4, 0.5) is 0 Å². The molecule has 0 N–H and O–H groups in total. The molecule has 1 aromatic rings. The van der Waals surface area contributed by atoms with Crippen LogP contribution in [0.2, 0.25) is 0 Å². The van der Waals surface area contributed by atoms with E-state index in [0.29, 0.717) is 82.7 Å². The van der Waals surface area contributed by atoms with E-state index in [0.717, 1.165) is 11.1 Å². The van der Waals surface area contributed by atoms with Crippen molar-refractivity contribution in [3.05, 3.63) is 35.1 Å². The number of benzene rings is 1. The van der Waals surface area contributed by atoms with Crippen LogP contribution in [-0.2, 0) is 59.3 Å². The van der Waals surface area contributed by atoms with Crippen molar-refractivity contribution in [2.45, 2.75) is 56.3 Å². The predicted octanol–water partition coefficient (Wildman–Crippen LogP) is 2.45. The molecule has 1 fully saturated rings. The van der Waals surface area contributed by atoms with Gasteiger partial charge in [0, 0.05) is 32.2 Å². The van der Waals surface area contributed by atoms with Gasteiger partial charge in [-0.15, -0.1) is 0 Å². The minimum atomic E-state index is -1.08. The Labute approximate surface area is 277 Å². The fourth-order valence-electron chi connectivity index (χ4n) is 6.95. The second kappa shape index (κ2) is 17.6. The first-order valence-corrected chi connectivity index (χ1v) is 16.3. The minimum absolute atomic E-state index is 0.222. The number of likely N-dealkylation sites (N-methyl/N-ethyl adjacent to an activating group) is 1. The number of rotatable bonds is 20. The maximum absolute atomic E-state index is 13.6. The lowest BCUT2D eigenvalue weighted by Crippen LogP contribution is -2.73. The van der Waals surface area contributed by atoms with E-state index >= 15 is 0 Å². The lowest BCUT2D eigenvalue weighted by atomic mass is 9.53. The number of aryl methyl sites for hydroxylation is 1. The zero-order valence-electron chi connectivity index (χ0n) is 28.6. The minimum Gasteiger partial charge on any atom is -0.493 e. The molecule has 0 saturated carbocycles. The number of hydrogen-bond acceptors (Lipinski definition) is 13. The second-order valence-electron chi connectivity index (χ2n) is 11.8. The molecule has 0 bridgehead atoms. The van der Waals surface area contributed by atoms with Crippen molar-refractivity contribution in [3.63, 3.8) is 0 Å². The van der Waals surface area contributed by atoms with E-state index in [1.54, 1.807) is 21.3 Å². The van der Waals surface area contributed by atoms with Crippen LogP contribution >= 0.6 is 0 Å². The normalized spacial score (nSPS) is 24.9. The molecule has 13 nitrogen and oxygen atoms in total. The summed E-state index contributed by atoms with van der Waals surface area (Å²) in [7, 11) is 6.83. The van der Waals surface area contributed by atoms with Crippen LogP contribution in [0.5, 0.6) is 11.5 Å². The van der Waals surface area contributed by atoms with E-state index in [4.69, 9.17) is 47.4 Å². The Kier molecular flexibility index (Phi) is 13.8. The fourth-order valence-corrected chi connectivity index (χ4v) is 6.95. The molecule has 4 rings (SSSR count). The monoisotopic (exact) mass is 665 g/mol. The van der Waals surface area contributed by atoms with E-state index < -0.39 is 29.1 Å². The summed E-state index contributed by atoms with van der Waals surface area (Å²) >= 11 is 0. The molecule has 0 aromatic heterocycles. The highest BCUT2D eigenvalue weighted by Gasteiger charge is 2.72. The average molecular weight is 666 g/mol. The van der Waals surface area contributed by atoms with Crippen LogP contribution in [0.15, 0.2) is 24.0 Å². The molecule has 0 radical (unpaired) electrons. The SMILES string of the molecule is CCc1ccc(OC)c2c1[C@]13CCN(C)[C@H](C)C1(OC(=O)COCCOCCOC)CC=C(OC(=O)COCCOCCOC)[C@@H]3O2. The first-order chi connectivity index (χ1) is 22.8. The Hall–Kier alpha value is -2.78. The summed E-state index contributed by atoms with van der Waals surface area (Å²) in [4.78, 5) is 28.8. The summed E-state index contributed by atoms with van der Waals surface area (Å²) < 4.78 is 57.1. The number of piperidine rings is 1. The van der Waals surface area contributed by atoms with E-state index in [1.807, 2.05) is 25.3 Å². The van der Waals surface area contributed by atoms with Gasteiger partial charge in [-0.25, -0.2) is 9.59 Å². The standard InChI is InChI=1S/C34H51NO12/c1-7-25-8-9-26(40-6)31-30(25)33-12-13-35(3)24(2)34(33,47-29(37)23-44-21-19-42-17-15-39-5)11-10-27(32(33)46-31)45-28(36)22-43-20-18-41-16-14-38-4/h8-10,24,32H,7,11-23H2,1-6H3/t24-,32+,33+,34?/m1/s1. The molecule has 0 amide bonds. The van der Waals surface area contributed by atoms with Crippen LogP contribution < -0.4 is 9.47 Å². The first-order valence-electron chi connectivity index (χ1n) is 16.3. The maximum Gasteiger partial charge on any atom is 0.337 e. The summed E-state index contributed by atoms with van der Waals surface area (Å²) in [6.45, 7) is 7.31. The Morgan fingerprint density at radius 3 is 2.13 bits per heavy atom. The summed E-state index contributed by atoms with van der Waals surface area (Å²) in [6.07, 6.45) is 2.64. The molecular formula is C34H51NO12. The molecular weight excluding hydrogens is 614 g/mol. The molecule has 1 aromatic carbocycles. The van der Waals surface area contributed by atoms with Crippen molar-refractivity contribution < 1.29 is 57.0 Å². The smallest absolute Gasteiger partial charge is 0.337 e. The molecule has 4 atom stereocenters. The third-order valence-electron chi connectivity index (χ3n) is 9.33. The number of esters is 2. The van der Waals surface area contributed by atoms with Crippen LogP contribution in [0.3, 0.4) is 0 Å². The topological polar surface area (TPSA) is 130 Å². The van der Waals surface area contributed by atoms with Crippen molar-refractivity contribution in [2.75, 3.05) is 101 Å². The summed E-state index contributed by atoms with van der Waals surface area (Å²) in [6, 6.07) is 3.70. The third kappa shape index (κ3) is 7.93. The average Bonchev–Trinajstić information content (AvgIpc) is 3.43. The molecule has 47 heavy (non-hydrogen) atoms. The largest absolute Gasteiger partial charge is 0.493 e. The van der Waals surface area contributed by atoms with Crippen molar-refractivity contribution in [3.8, 4) is 11.5 Å². The van der Waals surface area contributed by atoms with E-state index in [9.17, 15) is 9.59 Å². The zero-order valence-corrected chi connectivity index (χ0v) is 28.6. The predicted molar refractivity (Wildman–Crippen MR) is 170 cm³/mol. The van der Waals surface area contributed by atoms with Crippen molar-refractivity contribution >= 4 is 11.9 Å². The van der Waals surface area contributed by atoms with Crippen molar-refractivity contribution in [1.82, 2.24) is 4.90 Å². The van der Waals surface area contributed by atoms with E-state index in [2.05, 4.69) is 18.7 Å². The van der Waals surface area contributed by atoms with Crippen LogP contribution in [0.1, 0.15) is 37.8 Å². The Balaban J connectivity index is 1.62. The van der Waals surface area contributed by atoms with Crippen molar-refractivity contribution in [2.24, 2.45) is 0 Å². The molecule has 1 unspecified atom stereocenters. The summed E-state index contributed by atoms with van der Waals surface area (Å²) in [5.74, 6) is 0.450. The van der Waals surface area contributed by atoms with E-state index in [1.165, 1.54) is 0 Å². The summed E-state index contributed by atoms with van der Waals surface area (Å²) in [5, 5.41) is 0.